The van der Waals surface area contributed by atoms with E-state index in [1.54, 1.807) is 29.2 Å². The number of carboxylic acid groups (broad SMARTS) is 1. The van der Waals surface area contributed by atoms with Crippen molar-refractivity contribution in [2.45, 2.75) is 13.8 Å². The van der Waals surface area contributed by atoms with Gasteiger partial charge in [-0.15, -0.1) is 11.3 Å². The van der Waals surface area contributed by atoms with Crippen LogP contribution in [0.3, 0.4) is 0 Å². The molecule has 0 bridgehead atoms. The van der Waals surface area contributed by atoms with Crippen molar-refractivity contribution in [3.63, 3.8) is 0 Å². The maximum Gasteiger partial charge on any atom is 0.336 e. The molecule has 1 aliphatic heterocycles. The predicted molar refractivity (Wildman–Crippen MR) is 100 cm³/mol. The Kier molecular flexibility index (Phi) is 5.00. The molecule has 0 radical (unpaired) electrons. The molecule has 128 valence electrons. The van der Waals surface area contributed by atoms with Crippen molar-refractivity contribution in [2.75, 3.05) is 6.54 Å². The number of amidine groups is 1. The van der Waals surface area contributed by atoms with Crippen LogP contribution < -0.4 is 0 Å². The molecule has 1 aliphatic rings. The van der Waals surface area contributed by atoms with Crippen molar-refractivity contribution in [2.24, 2.45) is 4.99 Å². The van der Waals surface area contributed by atoms with Crippen LogP contribution in [0.2, 0.25) is 0 Å². The van der Waals surface area contributed by atoms with E-state index in [1.165, 1.54) is 29.2 Å². The van der Waals surface area contributed by atoms with Gasteiger partial charge in [-0.05, 0) is 43.3 Å². The Morgan fingerprint density at radius 1 is 1.40 bits per heavy atom. The number of aryl methyl sites for hydroxylation is 1. The smallest absolute Gasteiger partial charge is 0.336 e. The number of likely N-dealkylation sites (N-methyl/N-ethyl adjacent to an activating group) is 1. The maximum absolute atomic E-state index is 12.6. The highest BCUT2D eigenvalue weighted by Gasteiger charge is 2.32. The quantitative estimate of drug-likeness (QED) is 0.825. The second-order valence-electron chi connectivity index (χ2n) is 5.22. The monoisotopic (exact) mass is 373 g/mol. The van der Waals surface area contributed by atoms with Crippen LogP contribution in [0.25, 0.3) is 6.08 Å². The Morgan fingerprint density at radius 3 is 2.80 bits per heavy atom. The summed E-state index contributed by atoms with van der Waals surface area (Å²) >= 11 is 2.65. The van der Waals surface area contributed by atoms with Crippen LogP contribution in [-0.4, -0.2) is 38.6 Å². The van der Waals surface area contributed by atoms with Crippen molar-refractivity contribution in [1.82, 2.24) is 9.88 Å². The molecule has 25 heavy (non-hydrogen) atoms. The van der Waals surface area contributed by atoms with Crippen LogP contribution in [-0.2, 0) is 4.79 Å². The summed E-state index contributed by atoms with van der Waals surface area (Å²) in [6.45, 7) is 4.24. The minimum atomic E-state index is -1.03. The zero-order valence-corrected chi connectivity index (χ0v) is 15.2. The summed E-state index contributed by atoms with van der Waals surface area (Å²) in [5.74, 6) is -1.21. The van der Waals surface area contributed by atoms with Gasteiger partial charge in [-0.1, -0.05) is 18.2 Å². The number of aromatic carboxylic acids is 1. The number of nitrogens with zero attached hydrogens (tertiary/aromatic N) is 3. The first-order valence-corrected chi connectivity index (χ1v) is 9.23. The third kappa shape index (κ3) is 3.64. The normalized spacial score (nSPS) is 17.7. The van der Waals surface area contributed by atoms with Crippen LogP contribution in [0.15, 0.2) is 39.5 Å². The number of thioether (sulfide) groups is 1. The number of aromatic nitrogens is 1. The molecule has 2 heterocycles. The van der Waals surface area contributed by atoms with Crippen LogP contribution in [0, 0.1) is 6.92 Å². The molecule has 1 aromatic carbocycles. The largest absolute Gasteiger partial charge is 0.478 e. The van der Waals surface area contributed by atoms with Gasteiger partial charge in [-0.2, -0.15) is 4.99 Å². The zero-order valence-electron chi connectivity index (χ0n) is 13.6. The lowest BCUT2D eigenvalue weighted by Gasteiger charge is -2.11. The van der Waals surface area contributed by atoms with Gasteiger partial charge in [-0.25, -0.2) is 9.78 Å². The summed E-state index contributed by atoms with van der Waals surface area (Å²) in [5.41, 5.74) is 1.54. The fourth-order valence-corrected chi connectivity index (χ4v) is 4.06. The number of thiazole rings is 1. The van der Waals surface area contributed by atoms with E-state index in [9.17, 15) is 14.7 Å². The molecule has 0 spiro atoms. The van der Waals surface area contributed by atoms with Crippen LogP contribution in [0.5, 0.6) is 0 Å². The van der Waals surface area contributed by atoms with Gasteiger partial charge in [-0.3, -0.25) is 9.69 Å². The first-order chi connectivity index (χ1) is 12.0. The van der Waals surface area contributed by atoms with Gasteiger partial charge in [0.25, 0.3) is 5.91 Å². The Balaban J connectivity index is 1.98. The minimum absolute atomic E-state index is 0.160. The Labute approximate surface area is 152 Å². The number of carboxylic acids is 1. The molecule has 1 N–H and O–H groups in total. The van der Waals surface area contributed by atoms with E-state index in [0.29, 0.717) is 27.3 Å². The molecule has 1 aromatic heterocycles. The number of aliphatic imine (C=N–C) groups is 1. The minimum Gasteiger partial charge on any atom is -0.478 e. The third-order valence-electron chi connectivity index (χ3n) is 3.48. The van der Waals surface area contributed by atoms with E-state index in [0.717, 1.165) is 5.69 Å². The van der Waals surface area contributed by atoms with Gasteiger partial charge in [0.2, 0.25) is 5.13 Å². The number of carbonyl (C=O) groups is 2. The standard InChI is InChI=1S/C17H15N3O3S2/c1-3-20-14(21)13(8-11-6-4-5-7-12(11)15(22)23)25-17(20)19-16-18-10(2)9-24-16/h4-9H,3H2,1-2H3,(H,22,23)/b13-8+,19-17+. The fraction of sp³-hybridized carbons (Fsp3) is 0.176. The molecule has 0 aliphatic carbocycles. The second kappa shape index (κ2) is 7.20. The maximum atomic E-state index is 12.6. The van der Waals surface area contributed by atoms with Gasteiger partial charge in [0.05, 0.1) is 16.2 Å². The van der Waals surface area contributed by atoms with Gasteiger partial charge < -0.3 is 5.11 Å². The lowest BCUT2D eigenvalue weighted by Crippen LogP contribution is -2.28. The molecule has 6 nitrogen and oxygen atoms in total. The zero-order chi connectivity index (χ0) is 18.0. The van der Waals surface area contributed by atoms with E-state index < -0.39 is 5.97 Å². The lowest BCUT2D eigenvalue weighted by molar-refractivity contribution is -0.122. The van der Waals surface area contributed by atoms with Crippen molar-refractivity contribution >= 4 is 51.4 Å². The third-order valence-corrected chi connectivity index (χ3v) is 5.34. The van der Waals surface area contributed by atoms with E-state index in [1.807, 2.05) is 19.2 Å². The number of rotatable bonds is 4. The van der Waals surface area contributed by atoms with E-state index in [2.05, 4.69) is 9.98 Å². The highest BCUT2D eigenvalue weighted by molar-refractivity contribution is 8.18. The summed E-state index contributed by atoms with van der Waals surface area (Å²) in [6, 6.07) is 6.60. The number of amides is 1. The van der Waals surface area contributed by atoms with E-state index in [4.69, 9.17) is 0 Å². The van der Waals surface area contributed by atoms with Gasteiger partial charge in [0.1, 0.15) is 0 Å². The summed E-state index contributed by atoms with van der Waals surface area (Å²) < 4.78 is 0. The van der Waals surface area contributed by atoms with Gasteiger partial charge in [0, 0.05) is 11.9 Å². The lowest BCUT2D eigenvalue weighted by atomic mass is 10.1. The average Bonchev–Trinajstić information content (AvgIpc) is 3.11. The van der Waals surface area contributed by atoms with Crippen molar-refractivity contribution < 1.29 is 14.7 Å². The highest BCUT2D eigenvalue weighted by Crippen LogP contribution is 2.34. The number of hydrogen-bond acceptors (Lipinski definition) is 6. The first kappa shape index (κ1) is 17.4. The van der Waals surface area contributed by atoms with Crippen molar-refractivity contribution in [1.29, 1.82) is 0 Å². The predicted octanol–water partition coefficient (Wildman–Crippen LogP) is 3.77. The summed E-state index contributed by atoms with van der Waals surface area (Å²) in [7, 11) is 0. The molecule has 0 saturated carbocycles. The fourth-order valence-electron chi connectivity index (χ4n) is 2.30. The molecular weight excluding hydrogens is 358 g/mol. The average molecular weight is 373 g/mol. The molecule has 1 amide bonds. The van der Waals surface area contributed by atoms with Gasteiger partial charge >= 0.3 is 5.97 Å². The number of hydrogen-bond donors (Lipinski definition) is 1. The Hall–Kier alpha value is -2.45. The molecule has 0 atom stereocenters. The second-order valence-corrected chi connectivity index (χ2v) is 7.06. The molecular formula is C17H15N3O3S2. The molecule has 0 unspecified atom stereocenters. The molecule has 2 aromatic rings. The molecule has 1 fully saturated rings. The van der Waals surface area contributed by atoms with Crippen LogP contribution >= 0.6 is 23.1 Å². The number of carbonyl (C=O) groups excluding carboxylic acids is 1. The first-order valence-electron chi connectivity index (χ1n) is 7.54. The topological polar surface area (TPSA) is 82.9 Å². The number of benzene rings is 1. The van der Waals surface area contributed by atoms with Crippen LogP contribution in [0.4, 0.5) is 5.13 Å². The summed E-state index contributed by atoms with van der Waals surface area (Å²) in [5, 5.41) is 12.3. The van der Waals surface area contributed by atoms with Crippen LogP contribution in [0.1, 0.15) is 28.5 Å². The van der Waals surface area contributed by atoms with Gasteiger partial charge in [0.15, 0.2) is 5.17 Å². The molecule has 8 heteroatoms. The summed E-state index contributed by atoms with van der Waals surface area (Å²) in [6.07, 6.45) is 1.61. The van der Waals surface area contributed by atoms with E-state index >= 15 is 0 Å². The summed E-state index contributed by atoms with van der Waals surface area (Å²) in [4.78, 5) is 34.7. The molecule has 1 saturated heterocycles. The molecule has 3 rings (SSSR count). The Morgan fingerprint density at radius 2 is 2.16 bits per heavy atom. The highest BCUT2D eigenvalue weighted by atomic mass is 32.2. The SMILES string of the molecule is CCN1C(=O)/C(=C\c2ccccc2C(=O)O)S/C1=N/c1nc(C)cs1. The van der Waals surface area contributed by atoms with E-state index in [-0.39, 0.29) is 11.5 Å². The van der Waals surface area contributed by atoms with Crippen molar-refractivity contribution in [3.8, 4) is 0 Å². The Bertz CT molecular complexity index is 902. The van der Waals surface area contributed by atoms with Crippen molar-refractivity contribution in [3.05, 3.63) is 51.4 Å².